The quantitative estimate of drug-likeness (QED) is 0.735. The van der Waals surface area contributed by atoms with Crippen LogP contribution in [0.3, 0.4) is 0 Å². The molecule has 3 aromatic rings. The van der Waals surface area contributed by atoms with E-state index in [2.05, 4.69) is 5.10 Å². The van der Waals surface area contributed by atoms with Crippen molar-refractivity contribution in [3.63, 3.8) is 0 Å². The number of halogens is 1. The fourth-order valence-corrected chi connectivity index (χ4v) is 2.65. The number of hydrogen-bond acceptors (Lipinski definition) is 3. The van der Waals surface area contributed by atoms with Gasteiger partial charge in [0.1, 0.15) is 0 Å². The Kier molecular flexibility index (Phi) is 4.44. The Morgan fingerprint density at radius 1 is 1.04 bits per heavy atom. The summed E-state index contributed by atoms with van der Waals surface area (Å²) in [6, 6.07) is 17.0. The lowest BCUT2D eigenvalue weighted by Gasteiger charge is -2.12. The third-order valence-corrected chi connectivity index (χ3v) is 3.87. The summed E-state index contributed by atoms with van der Waals surface area (Å²) in [4.78, 5) is 12.6. The molecule has 4 nitrogen and oxygen atoms in total. The molecular formula is C18H15ClN2O2. The van der Waals surface area contributed by atoms with Crippen molar-refractivity contribution in [1.82, 2.24) is 9.78 Å². The Hall–Kier alpha value is -2.59. The van der Waals surface area contributed by atoms with Crippen molar-refractivity contribution in [3.05, 3.63) is 81.7 Å². The number of benzene rings is 2. The number of aromatic nitrogens is 2. The van der Waals surface area contributed by atoms with Crippen molar-refractivity contribution >= 4 is 11.6 Å². The first-order chi connectivity index (χ1) is 11.2. The molecule has 0 spiro atoms. The molecular weight excluding hydrogens is 312 g/mol. The summed E-state index contributed by atoms with van der Waals surface area (Å²) in [7, 11) is 1.48. The lowest BCUT2D eigenvalue weighted by molar-refractivity contribution is 0.400. The molecule has 1 aromatic heterocycles. The molecule has 0 radical (unpaired) electrons. The molecule has 116 valence electrons. The first-order valence-electron chi connectivity index (χ1n) is 7.13. The predicted octanol–water partition coefficient (Wildman–Crippen LogP) is 3.62. The van der Waals surface area contributed by atoms with Crippen LogP contribution in [0.4, 0.5) is 0 Å². The van der Waals surface area contributed by atoms with Crippen molar-refractivity contribution in [2.24, 2.45) is 0 Å². The maximum Gasteiger partial charge on any atom is 0.310 e. The van der Waals surface area contributed by atoms with Crippen LogP contribution in [-0.4, -0.2) is 16.9 Å². The number of ether oxygens (including phenoxy) is 1. The minimum absolute atomic E-state index is 0.240. The van der Waals surface area contributed by atoms with Crippen molar-refractivity contribution < 1.29 is 4.74 Å². The molecule has 1 heterocycles. The fourth-order valence-electron chi connectivity index (χ4n) is 2.41. The predicted molar refractivity (Wildman–Crippen MR) is 91.0 cm³/mol. The van der Waals surface area contributed by atoms with Crippen LogP contribution in [0.25, 0.3) is 11.1 Å². The monoisotopic (exact) mass is 326 g/mol. The molecule has 3 rings (SSSR count). The van der Waals surface area contributed by atoms with Crippen LogP contribution in [0, 0.1) is 0 Å². The maximum atomic E-state index is 12.6. The Labute approximate surface area is 138 Å². The van der Waals surface area contributed by atoms with E-state index in [0.717, 1.165) is 11.1 Å². The van der Waals surface area contributed by atoms with E-state index in [-0.39, 0.29) is 11.3 Å². The second-order valence-electron chi connectivity index (χ2n) is 5.02. The van der Waals surface area contributed by atoms with E-state index >= 15 is 0 Å². The minimum Gasteiger partial charge on any atom is -0.491 e. The second-order valence-corrected chi connectivity index (χ2v) is 5.43. The van der Waals surface area contributed by atoms with Crippen molar-refractivity contribution in [2.75, 3.05) is 7.11 Å². The number of nitrogens with zero attached hydrogens (tertiary/aromatic N) is 2. The summed E-state index contributed by atoms with van der Waals surface area (Å²) >= 11 is 6.22. The van der Waals surface area contributed by atoms with Crippen LogP contribution in [0.2, 0.25) is 5.02 Å². The number of methoxy groups -OCH3 is 1. The summed E-state index contributed by atoms with van der Waals surface area (Å²) in [5, 5.41) is 4.81. The highest BCUT2D eigenvalue weighted by molar-refractivity contribution is 6.33. The third kappa shape index (κ3) is 3.12. The molecule has 0 atom stereocenters. The zero-order valence-corrected chi connectivity index (χ0v) is 13.3. The summed E-state index contributed by atoms with van der Waals surface area (Å²) in [6.07, 6.45) is 1.62. The molecule has 2 aromatic carbocycles. The van der Waals surface area contributed by atoms with Crippen LogP contribution >= 0.6 is 11.6 Å². The van der Waals surface area contributed by atoms with Crippen molar-refractivity contribution in [3.8, 4) is 16.9 Å². The zero-order chi connectivity index (χ0) is 16.2. The average Bonchev–Trinajstić information content (AvgIpc) is 2.58. The summed E-state index contributed by atoms with van der Waals surface area (Å²) in [5.74, 6) is 0.240. The van der Waals surface area contributed by atoms with Crippen LogP contribution in [0.15, 0.2) is 65.6 Å². The zero-order valence-electron chi connectivity index (χ0n) is 12.6. The smallest absolute Gasteiger partial charge is 0.310 e. The molecule has 0 aliphatic carbocycles. The Morgan fingerprint density at radius 2 is 1.74 bits per heavy atom. The molecule has 0 unspecified atom stereocenters. The molecule has 0 N–H and O–H groups in total. The molecule has 23 heavy (non-hydrogen) atoms. The van der Waals surface area contributed by atoms with E-state index in [4.69, 9.17) is 16.3 Å². The highest BCUT2D eigenvalue weighted by atomic mass is 35.5. The van der Waals surface area contributed by atoms with Gasteiger partial charge in [-0.1, -0.05) is 60.1 Å². The lowest BCUT2D eigenvalue weighted by atomic mass is 10.1. The molecule has 0 saturated carbocycles. The van der Waals surface area contributed by atoms with Gasteiger partial charge in [-0.25, -0.2) is 4.68 Å². The van der Waals surface area contributed by atoms with Gasteiger partial charge in [0.15, 0.2) is 5.75 Å². The summed E-state index contributed by atoms with van der Waals surface area (Å²) in [6.45, 7) is 0.388. The van der Waals surface area contributed by atoms with Crippen LogP contribution in [-0.2, 0) is 6.54 Å². The molecule has 0 aliphatic rings. The molecule has 0 amide bonds. The van der Waals surface area contributed by atoms with Crippen LogP contribution in [0.5, 0.6) is 5.75 Å². The maximum absolute atomic E-state index is 12.6. The third-order valence-electron chi connectivity index (χ3n) is 3.54. The van der Waals surface area contributed by atoms with Gasteiger partial charge < -0.3 is 4.74 Å². The van der Waals surface area contributed by atoms with Gasteiger partial charge in [-0.2, -0.15) is 5.10 Å². The molecule has 0 bridgehead atoms. The van der Waals surface area contributed by atoms with Crippen molar-refractivity contribution in [1.29, 1.82) is 0 Å². The number of hydrogen-bond donors (Lipinski definition) is 0. The lowest BCUT2D eigenvalue weighted by Crippen LogP contribution is -2.25. The van der Waals surface area contributed by atoms with Gasteiger partial charge in [-0.15, -0.1) is 0 Å². The van der Waals surface area contributed by atoms with Crippen LogP contribution < -0.4 is 10.3 Å². The molecule has 0 fully saturated rings. The van der Waals surface area contributed by atoms with Gasteiger partial charge >= 0.3 is 5.56 Å². The first kappa shape index (κ1) is 15.3. The average molecular weight is 327 g/mol. The van der Waals surface area contributed by atoms with Gasteiger partial charge in [-0.3, -0.25) is 4.79 Å². The van der Waals surface area contributed by atoms with E-state index in [1.54, 1.807) is 12.3 Å². The fraction of sp³-hybridized carbons (Fsp3) is 0.111. The summed E-state index contributed by atoms with van der Waals surface area (Å²) < 4.78 is 6.72. The Balaban J connectivity index is 2.07. The first-order valence-corrected chi connectivity index (χ1v) is 7.51. The summed E-state index contributed by atoms with van der Waals surface area (Å²) in [5.41, 5.74) is 2.03. The van der Waals surface area contributed by atoms with Gasteiger partial charge in [0.2, 0.25) is 0 Å². The van der Waals surface area contributed by atoms with Crippen LogP contribution in [0.1, 0.15) is 5.56 Å². The van der Waals surface area contributed by atoms with E-state index in [0.29, 0.717) is 17.1 Å². The van der Waals surface area contributed by atoms with Gasteiger partial charge in [0.05, 0.1) is 25.4 Å². The minimum atomic E-state index is -0.284. The second kappa shape index (κ2) is 6.67. The topological polar surface area (TPSA) is 44.1 Å². The van der Waals surface area contributed by atoms with Gasteiger partial charge in [-0.05, 0) is 11.6 Å². The standard InChI is InChI=1S/C18H15ClN2O2/c1-23-17-15(14-9-5-6-10-16(14)19)11-20-21(18(17)22)12-13-7-3-2-4-8-13/h2-11H,12H2,1H3. The Morgan fingerprint density at radius 3 is 2.43 bits per heavy atom. The largest absolute Gasteiger partial charge is 0.491 e. The molecule has 0 aliphatic heterocycles. The van der Waals surface area contributed by atoms with Crippen molar-refractivity contribution in [2.45, 2.75) is 6.54 Å². The number of rotatable bonds is 4. The van der Waals surface area contributed by atoms with E-state index in [9.17, 15) is 4.79 Å². The van der Waals surface area contributed by atoms with E-state index in [1.165, 1.54) is 11.8 Å². The SMILES string of the molecule is COc1c(-c2ccccc2Cl)cnn(Cc2ccccc2)c1=O. The highest BCUT2D eigenvalue weighted by Gasteiger charge is 2.15. The Bertz CT molecular complexity index is 876. The molecule has 0 saturated heterocycles. The highest BCUT2D eigenvalue weighted by Crippen LogP contribution is 2.31. The van der Waals surface area contributed by atoms with Gasteiger partial charge in [0, 0.05) is 10.6 Å². The van der Waals surface area contributed by atoms with Gasteiger partial charge in [0.25, 0.3) is 0 Å². The van der Waals surface area contributed by atoms with E-state index in [1.807, 2.05) is 48.5 Å². The normalized spacial score (nSPS) is 10.5. The van der Waals surface area contributed by atoms with E-state index < -0.39 is 0 Å². The molecule has 5 heteroatoms.